The Hall–Kier alpha value is -0.900. The van der Waals surface area contributed by atoms with Crippen molar-refractivity contribution >= 4 is 11.8 Å². The highest BCUT2D eigenvalue weighted by Gasteiger charge is 1.91. The number of rotatable bonds is 7. The molecule has 0 heterocycles. The first-order chi connectivity index (χ1) is 7.04. The van der Waals surface area contributed by atoms with E-state index in [9.17, 15) is 9.59 Å². The van der Waals surface area contributed by atoms with E-state index in [1.165, 1.54) is 0 Å². The summed E-state index contributed by atoms with van der Waals surface area (Å²) in [5.41, 5.74) is 0. The highest BCUT2D eigenvalue weighted by molar-refractivity contribution is 5.75. The number of carboxylic acid groups (broad SMARTS) is 1. The molecule has 0 aliphatic heterocycles. The number of aliphatic hydroxyl groups excluding tert-OH is 1. The first-order valence-corrected chi connectivity index (χ1v) is 5.36. The van der Waals surface area contributed by atoms with Crippen molar-refractivity contribution in [3.63, 3.8) is 0 Å². The van der Waals surface area contributed by atoms with E-state index in [0.29, 0.717) is 12.8 Å². The van der Waals surface area contributed by atoms with Crippen LogP contribution >= 0.6 is 0 Å². The van der Waals surface area contributed by atoms with Gasteiger partial charge in [0.1, 0.15) is 5.78 Å². The Balaban J connectivity index is 0. The lowest BCUT2D eigenvalue weighted by molar-refractivity contribution is -0.137. The van der Waals surface area contributed by atoms with Crippen LogP contribution in [-0.4, -0.2) is 28.6 Å². The molecular weight excluding hydrogens is 196 g/mol. The third-order valence-electron chi connectivity index (χ3n) is 1.65. The van der Waals surface area contributed by atoms with Gasteiger partial charge in [0, 0.05) is 19.4 Å². The molecule has 90 valence electrons. The fourth-order valence-electron chi connectivity index (χ4n) is 0.876. The van der Waals surface area contributed by atoms with Gasteiger partial charge in [-0.15, -0.1) is 0 Å². The molecule has 0 bridgehead atoms. The van der Waals surface area contributed by atoms with Gasteiger partial charge in [0.2, 0.25) is 0 Å². The minimum atomic E-state index is -0.711. The number of carbonyl (C=O) groups is 2. The highest BCUT2D eigenvalue weighted by atomic mass is 16.4. The summed E-state index contributed by atoms with van der Waals surface area (Å²) in [6, 6.07) is 0. The zero-order valence-electron chi connectivity index (χ0n) is 9.66. The Kier molecular flexibility index (Phi) is 14.4. The average molecular weight is 218 g/mol. The number of unbranched alkanes of at least 4 members (excludes halogenated alkanes) is 2. The van der Waals surface area contributed by atoms with Crippen molar-refractivity contribution in [1.82, 2.24) is 0 Å². The first-order valence-electron chi connectivity index (χ1n) is 5.36. The molecule has 0 aromatic rings. The van der Waals surface area contributed by atoms with Gasteiger partial charge in [-0.05, 0) is 26.2 Å². The summed E-state index contributed by atoms with van der Waals surface area (Å²) in [5, 5.41) is 16.3. The Labute approximate surface area is 91.3 Å². The second-order valence-corrected chi connectivity index (χ2v) is 3.38. The summed E-state index contributed by atoms with van der Waals surface area (Å²) in [7, 11) is 0. The lowest BCUT2D eigenvalue weighted by Crippen LogP contribution is -1.90. The van der Waals surface area contributed by atoms with Crippen LogP contribution < -0.4 is 0 Å². The van der Waals surface area contributed by atoms with Gasteiger partial charge in [-0.25, -0.2) is 0 Å². The van der Waals surface area contributed by atoms with E-state index in [1.54, 1.807) is 6.92 Å². The Bertz CT molecular complexity index is 166. The molecule has 4 nitrogen and oxygen atoms in total. The molecule has 0 aromatic carbocycles. The van der Waals surface area contributed by atoms with E-state index < -0.39 is 5.97 Å². The van der Waals surface area contributed by atoms with Gasteiger partial charge in [0.05, 0.1) is 0 Å². The maximum Gasteiger partial charge on any atom is 0.303 e. The number of carboxylic acids is 1. The molecule has 0 atom stereocenters. The summed E-state index contributed by atoms with van der Waals surface area (Å²) >= 11 is 0. The Morgan fingerprint density at radius 1 is 1.07 bits per heavy atom. The predicted octanol–water partition coefficient (Wildman–Crippen LogP) is 2.00. The van der Waals surface area contributed by atoms with Gasteiger partial charge in [0.25, 0.3) is 0 Å². The van der Waals surface area contributed by atoms with Crippen LogP contribution in [0.25, 0.3) is 0 Å². The quantitative estimate of drug-likeness (QED) is 0.641. The van der Waals surface area contributed by atoms with Crippen molar-refractivity contribution in [2.75, 3.05) is 6.61 Å². The van der Waals surface area contributed by atoms with Gasteiger partial charge < -0.3 is 15.0 Å². The van der Waals surface area contributed by atoms with E-state index in [4.69, 9.17) is 10.2 Å². The summed E-state index contributed by atoms with van der Waals surface area (Å²) in [6.45, 7) is 3.69. The summed E-state index contributed by atoms with van der Waals surface area (Å²) in [6.07, 6.45) is 4.41. The lowest BCUT2D eigenvalue weighted by atomic mass is 10.1. The molecule has 0 aliphatic carbocycles. The minimum Gasteiger partial charge on any atom is -0.481 e. The fraction of sp³-hybridized carbons (Fsp3) is 0.818. The van der Waals surface area contributed by atoms with Crippen LogP contribution in [0.5, 0.6) is 0 Å². The molecule has 4 heteroatoms. The monoisotopic (exact) mass is 218 g/mol. The molecule has 0 saturated heterocycles. The lowest BCUT2D eigenvalue weighted by Gasteiger charge is -1.93. The van der Waals surface area contributed by atoms with Crippen LogP contribution in [0.3, 0.4) is 0 Å². The number of hydrogen-bond acceptors (Lipinski definition) is 3. The molecule has 0 fully saturated rings. The van der Waals surface area contributed by atoms with E-state index in [-0.39, 0.29) is 12.4 Å². The molecule has 0 spiro atoms. The van der Waals surface area contributed by atoms with Crippen LogP contribution in [0, 0.1) is 0 Å². The first kappa shape index (κ1) is 16.5. The maximum absolute atomic E-state index is 10.3. The molecular formula is C11H22O4. The number of Topliss-reactive ketones (excluding diaryl/α,β-unsaturated/α-hetero) is 1. The molecule has 0 amide bonds. The second-order valence-electron chi connectivity index (χ2n) is 3.38. The minimum absolute atomic E-state index is 0.243. The van der Waals surface area contributed by atoms with Crippen molar-refractivity contribution < 1.29 is 19.8 Å². The molecule has 0 aromatic heterocycles. The van der Waals surface area contributed by atoms with Gasteiger partial charge in [-0.3, -0.25) is 4.79 Å². The maximum atomic E-state index is 10.3. The van der Waals surface area contributed by atoms with E-state index in [1.807, 2.05) is 6.92 Å². The average Bonchev–Trinajstić information content (AvgIpc) is 2.13. The topological polar surface area (TPSA) is 74.6 Å². The van der Waals surface area contributed by atoms with E-state index in [2.05, 4.69) is 0 Å². The zero-order valence-corrected chi connectivity index (χ0v) is 9.66. The standard InChI is InChI=1S/C7H14O2.C4H8O2/c1-7(9)5-3-2-4-6-8;1-2-3-4(5)6/h8H,2-6H2,1H3;2-3H2,1H3,(H,5,6). The molecule has 0 rings (SSSR count). The molecule has 0 unspecified atom stereocenters. The summed E-state index contributed by atoms with van der Waals surface area (Å²) in [4.78, 5) is 19.9. The van der Waals surface area contributed by atoms with Crippen LogP contribution in [0.15, 0.2) is 0 Å². The van der Waals surface area contributed by atoms with Gasteiger partial charge >= 0.3 is 5.97 Å². The Morgan fingerprint density at radius 3 is 1.93 bits per heavy atom. The van der Waals surface area contributed by atoms with Gasteiger partial charge in [-0.2, -0.15) is 0 Å². The summed E-state index contributed by atoms with van der Waals surface area (Å²) < 4.78 is 0. The predicted molar refractivity (Wildman–Crippen MR) is 58.8 cm³/mol. The van der Waals surface area contributed by atoms with E-state index >= 15 is 0 Å². The van der Waals surface area contributed by atoms with Gasteiger partial charge in [-0.1, -0.05) is 13.3 Å². The van der Waals surface area contributed by atoms with Crippen molar-refractivity contribution in [3.05, 3.63) is 0 Å². The molecule has 0 radical (unpaired) electrons. The summed E-state index contributed by atoms with van der Waals surface area (Å²) in [5.74, 6) is -0.467. The van der Waals surface area contributed by atoms with E-state index in [0.717, 1.165) is 25.7 Å². The fourth-order valence-corrected chi connectivity index (χ4v) is 0.876. The van der Waals surface area contributed by atoms with Crippen molar-refractivity contribution in [3.8, 4) is 0 Å². The number of carbonyl (C=O) groups excluding carboxylic acids is 1. The van der Waals surface area contributed by atoms with Crippen LogP contribution in [0.2, 0.25) is 0 Å². The molecule has 15 heavy (non-hydrogen) atoms. The van der Waals surface area contributed by atoms with Crippen LogP contribution in [0.1, 0.15) is 52.4 Å². The largest absolute Gasteiger partial charge is 0.481 e. The molecule has 0 saturated carbocycles. The van der Waals surface area contributed by atoms with Crippen LogP contribution in [-0.2, 0) is 9.59 Å². The van der Waals surface area contributed by atoms with Gasteiger partial charge in [0.15, 0.2) is 0 Å². The normalized spacial score (nSPS) is 9.00. The molecule has 0 aliphatic rings. The second kappa shape index (κ2) is 13.1. The number of aliphatic carboxylic acids is 1. The number of aliphatic hydroxyl groups is 1. The van der Waals surface area contributed by atoms with Crippen molar-refractivity contribution in [2.45, 2.75) is 52.4 Å². The number of ketones is 1. The molecule has 2 N–H and O–H groups in total. The third kappa shape index (κ3) is 24.6. The van der Waals surface area contributed by atoms with Crippen molar-refractivity contribution in [2.24, 2.45) is 0 Å². The zero-order chi connectivity index (χ0) is 12.1. The third-order valence-corrected chi connectivity index (χ3v) is 1.65. The number of hydrogen-bond donors (Lipinski definition) is 2. The highest BCUT2D eigenvalue weighted by Crippen LogP contribution is 1.98. The van der Waals surface area contributed by atoms with Crippen LogP contribution in [0.4, 0.5) is 0 Å². The Morgan fingerprint density at radius 2 is 1.67 bits per heavy atom. The smallest absolute Gasteiger partial charge is 0.303 e. The van der Waals surface area contributed by atoms with Crippen molar-refractivity contribution in [1.29, 1.82) is 0 Å². The SMILES string of the molecule is CC(=O)CCCCCO.CCCC(=O)O.